The van der Waals surface area contributed by atoms with Crippen molar-refractivity contribution < 1.29 is 18.7 Å². The van der Waals surface area contributed by atoms with E-state index in [1.54, 1.807) is 23.4 Å². The van der Waals surface area contributed by atoms with Crippen LogP contribution < -0.4 is 4.74 Å². The van der Waals surface area contributed by atoms with Crippen LogP contribution in [0.4, 0.5) is 4.39 Å². The third kappa shape index (κ3) is 4.08. The third-order valence-corrected chi connectivity index (χ3v) is 5.23. The summed E-state index contributed by atoms with van der Waals surface area (Å²) in [5.74, 6) is 0.0784. The van der Waals surface area contributed by atoms with Gasteiger partial charge in [0.15, 0.2) is 0 Å². The number of halogens is 1. The number of rotatable bonds is 5. The van der Waals surface area contributed by atoms with Gasteiger partial charge in [-0.3, -0.25) is 4.79 Å². The largest absolute Gasteiger partial charge is 0.463 e. The molecule has 2 fully saturated rings. The van der Waals surface area contributed by atoms with Crippen LogP contribution in [-0.4, -0.2) is 52.7 Å². The molecule has 142 valence electrons. The van der Waals surface area contributed by atoms with E-state index in [0.29, 0.717) is 43.8 Å². The average molecular weight is 371 g/mol. The molecular formula is C20H22FN3O3. The summed E-state index contributed by atoms with van der Waals surface area (Å²) in [7, 11) is 0. The summed E-state index contributed by atoms with van der Waals surface area (Å²) in [6.07, 6.45) is 6.14. The lowest BCUT2D eigenvalue weighted by Crippen LogP contribution is -2.66. The standard InChI is InChI=1S/C20H22FN3O3/c21-17-4-2-16(3-5-17)18(25)24-13-20(14-24)12-15(7-11-27-20)6-10-26-19-22-8-1-9-23-19/h1-5,8-9,15H,6-7,10-14H2/t15-/m1/s1. The lowest BCUT2D eigenvalue weighted by Gasteiger charge is -2.53. The molecule has 3 heterocycles. The molecule has 0 unspecified atom stereocenters. The number of likely N-dealkylation sites (tertiary alicyclic amines) is 1. The van der Waals surface area contributed by atoms with E-state index >= 15 is 0 Å². The van der Waals surface area contributed by atoms with Crippen LogP contribution in [0.3, 0.4) is 0 Å². The zero-order valence-corrected chi connectivity index (χ0v) is 15.0. The van der Waals surface area contributed by atoms with Crippen molar-refractivity contribution in [3.8, 4) is 6.01 Å². The molecule has 1 aromatic carbocycles. The topological polar surface area (TPSA) is 64.6 Å². The van der Waals surface area contributed by atoms with Crippen LogP contribution in [0.1, 0.15) is 29.6 Å². The zero-order valence-electron chi connectivity index (χ0n) is 15.0. The van der Waals surface area contributed by atoms with Crippen molar-refractivity contribution in [2.75, 3.05) is 26.3 Å². The maximum atomic E-state index is 13.0. The number of carbonyl (C=O) groups excluding carboxylic acids is 1. The molecule has 0 bridgehead atoms. The van der Waals surface area contributed by atoms with Crippen LogP contribution >= 0.6 is 0 Å². The summed E-state index contributed by atoms with van der Waals surface area (Å²) in [6.45, 7) is 2.44. The van der Waals surface area contributed by atoms with E-state index in [1.165, 1.54) is 24.3 Å². The predicted molar refractivity (Wildman–Crippen MR) is 95.9 cm³/mol. The lowest BCUT2D eigenvalue weighted by molar-refractivity contribution is -0.166. The van der Waals surface area contributed by atoms with Gasteiger partial charge in [-0.25, -0.2) is 14.4 Å². The third-order valence-electron chi connectivity index (χ3n) is 5.23. The monoisotopic (exact) mass is 371 g/mol. The smallest absolute Gasteiger partial charge is 0.316 e. The number of amides is 1. The number of ether oxygens (including phenoxy) is 2. The van der Waals surface area contributed by atoms with Gasteiger partial charge < -0.3 is 14.4 Å². The summed E-state index contributed by atoms with van der Waals surface area (Å²) in [5.41, 5.74) is 0.261. The van der Waals surface area contributed by atoms with E-state index in [4.69, 9.17) is 9.47 Å². The average Bonchev–Trinajstić information content (AvgIpc) is 2.67. The molecule has 0 radical (unpaired) electrons. The van der Waals surface area contributed by atoms with Gasteiger partial charge in [-0.15, -0.1) is 0 Å². The molecule has 7 heteroatoms. The Balaban J connectivity index is 1.26. The highest BCUT2D eigenvalue weighted by Gasteiger charge is 2.49. The van der Waals surface area contributed by atoms with Gasteiger partial charge >= 0.3 is 6.01 Å². The summed E-state index contributed by atoms with van der Waals surface area (Å²) in [4.78, 5) is 22.4. The first-order valence-corrected chi connectivity index (χ1v) is 9.22. The molecule has 27 heavy (non-hydrogen) atoms. The van der Waals surface area contributed by atoms with Crippen LogP contribution in [0.5, 0.6) is 6.01 Å². The minimum atomic E-state index is -0.340. The van der Waals surface area contributed by atoms with Crippen LogP contribution in [-0.2, 0) is 4.74 Å². The molecule has 1 amide bonds. The van der Waals surface area contributed by atoms with Crippen LogP contribution in [0, 0.1) is 11.7 Å². The Morgan fingerprint density at radius 2 is 2.00 bits per heavy atom. The second-order valence-corrected chi connectivity index (χ2v) is 7.23. The second-order valence-electron chi connectivity index (χ2n) is 7.23. The fourth-order valence-corrected chi connectivity index (χ4v) is 3.84. The van der Waals surface area contributed by atoms with Gasteiger partial charge in [0.2, 0.25) is 0 Å². The van der Waals surface area contributed by atoms with Crippen molar-refractivity contribution in [2.24, 2.45) is 5.92 Å². The van der Waals surface area contributed by atoms with Crippen molar-refractivity contribution >= 4 is 5.91 Å². The van der Waals surface area contributed by atoms with Gasteiger partial charge in [0.25, 0.3) is 5.91 Å². The Kier molecular flexibility index (Phi) is 5.03. The number of benzene rings is 1. The molecule has 0 N–H and O–H groups in total. The number of nitrogens with zero attached hydrogens (tertiary/aromatic N) is 3. The maximum Gasteiger partial charge on any atom is 0.316 e. The van der Waals surface area contributed by atoms with Gasteiger partial charge in [-0.1, -0.05) is 0 Å². The van der Waals surface area contributed by atoms with Crippen molar-refractivity contribution in [3.05, 3.63) is 54.1 Å². The molecular weight excluding hydrogens is 349 g/mol. The van der Waals surface area contributed by atoms with E-state index in [1.807, 2.05) is 0 Å². The van der Waals surface area contributed by atoms with Crippen LogP contribution in [0.2, 0.25) is 0 Å². The maximum absolute atomic E-state index is 13.0. The van der Waals surface area contributed by atoms with Crippen LogP contribution in [0.15, 0.2) is 42.7 Å². The van der Waals surface area contributed by atoms with Crippen LogP contribution in [0.25, 0.3) is 0 Å². The number of hydrogen-bond donors (Lipinski definition) is 0. The normalized spacial score (nSPS) is 20.9. The molecule has 2 aliphatic heterocycles. The van der Waals surface area contributed by atoms with Gasteiger partial charge in [-0.2, -0.15) is 0 Å². The highest BCUT2D eigenvalue weighted by Crippen LogP contribution is 2.38. The van der Waals surface area contributed by atoms with Crippen molar-refractivity contribution in [2.45, 2.75) is 24.9 Å². The number of aromatic nitrogens is 2. The molecule has 0 aliphatic carbocycles. The van der Waals surface area contributed by atoms with E-state index in [-0.39, 0.29) is 17.3 Å². The molecule has 6 nitrogen and oxygen atoms in total. The molecule has 2 saturated heterocycles. The van der Waals surface area contributed by atoms with Gasteiger partial charge in [0.1, 0.15) is 11.4 Å². The summed E-state index contributed by atoms with van der Waals surface area (Å²) >= 11 is 0. The highest BCUT2D eigenvalue weighted by atomic mass is 19.1. The van der Waals surface area contributed by atoms with E-state index in [0.717, 1.165) is 19.3 Å². The molecule has 2 aromatic rings. The molecule has 2 aliphatic rings. The first-order valence-electron chi connectivity index (χ1n) is 9.22. The van der Waals surface area contributed by atoms with Crippen molar-refractivity contribution in [1.29, 1.82) is 0 Å². The summed E-state index contributed by atoms with van der Waals surface area (Å²) in [5, 5.41) is 0. The lowest BCUT2D eigenvalue weighted by atomic mass is 9.79. The molecule has 0 saturated carbocycles. The van der Waals surface area contributed by atoms with E-state index in [9.17, 15) is 9.18 Å². The van der Waals surface area contributed by atoms with Gasteiger partial charge in [0.05, 0.1) is 19.7 Å². The van der Waals surface area contributed by atoms with Crippen molar-refractivity contribution in [1.82, 2.24) is 14.9 Å². The Morgan fingerprint density at radius 3 is 2.74 bits per heavy atom. The molecule has 1 atom stereocenters. The fraction of sp³-hybridized carbons (Fsp3) is 0.450. The first kappa shape index (κ1) is 17.9. The van der Waals surface area contributed by atoms with Gasteiger partial charge in [-0.05, 0) is 55.5 Å². The molecule has 4 rings (SSSR count). The zero-order chi connectivity index (χ0) is 18.7. The summed E-state index contributed by atoms with van der Waals surface area (Å²) < 4.78 is 24.6. The Morgan fingerprint density at radius 1 is 1.26 bits per heavy atom. The van der Waals surface area contributed by atoms with E-state index < -0.39 is 0 Å². The van der Waals surface area contributed by atoms with Crippen molar-refractivity contribution in [3.63, 3.8) is 0 Å². The minimum absolute atomic E-state index is 0.0732. The Labute approximate surface area is 157 Å². The minimum Gasteiger partial charge on any atom is -0.463 e. The fourth-order valence-electron chi connectivity index (χ4n) is 3.84. The summed E-state index contributed by atoms with van der Waals surface area (Å²) in [6, 6.07) is 7.83. The van der Waals surface area contributed by atoms with E-state index in [2.05, 4.69) is 9.97 Å². The quantitative estimate of drug-likeness (QED) is 0.809. The second kappa shape index (κ2) is 7.60. The predicted octanol–water partition coefficient (Wildman–Crippen LogP) is 2.71. The Bertz CT molecular complexity index is 779. The molecule has 1 aromatic heterocycles. The molecule has 1 spiro atoms. The Hall–Kier alpha value is -2.54. The SMILES string of the molecule is O=C(c1ccc(F)cc1)N1CC2(C[C@H](CCOc3ncccn3)CCO2)C1. The number of carbonyl (C=O) groups is 1. The number of hydrogen-bond acceptors (Lipinski definition) is 5. The first-order chi connectivity index (χ1) is 13.1. The highest BCUT2D eigenvalue weighted by molar-refractivity contribution is 5.94. The van der Waals surface area contributed by atoms with Gasteiger partial charge in [0, 0.05) is 24.6 Å².